The first-order valence-electron chi connectivity index (χ1n) is 3.73. The predicted octanol–water partition coefficient (Wildman–Crippen LogP) is 1.34. The van der Waals surface area contributed by atoms with Gasteiger partial charge in [0.05, 0.1) is 5.69 Å². The molecule has 4 heteroatoms. The number of rotatable bonds is 1. The third-order valence-corrected chi connectivity index (χ3v) is 1.70. The summed E-state index contributed by atoms with van der Waals surface area (Å²) in [6.07, 6.45) is 1.34. The van der Waals surface area contributed by atoms with Crippen molar-refractivity contribution in [2.75, 3.05) is 0 Å². The van der Waals surface area contributed by atoms with Crippen molar-refractivity contribution in [2.24, 2.45) is 0 Å². The van der Waals surface area contributed by atoms with Gasteiger partial charge >= 0.3 is 5.76 Å². The molecular formula is C9H7NO3. The summed E-state index contributed by atoms with van der Waals surface area (Å²) < 4.78 is 4.58. The Morgan fingerprint density at radius 1 is 1.23 bits per heavy atom. The van der Waals surface area contributed by atoms with Crippen molar-refractivity contribution >= 4 is 0 Å². The number of phenols is 1. The second-order valence-corrected chi connectivity index (χ2v) is 2.61. The smallest absolute Gasteiger partial charge is 0.416 e. The highest BCUT2D eigenvalue weighted by molar-refractivity contribution is 5.58. The summed E-state index contributed by atoms with van der Waals surface area (Å²) in [5, 5.41) is 9.01. The lowest BCUT2D eigenvalue weighted by Crippen LogP contribution is -1.94. The summed E-state index contributed by atoms with van der Waals surface area (Å²) in [7, 11) is 0. The molecule has 0 bridgehead atoms. The lowest BCUT2D eigenvalue weighted by molar-refractivity contribution is 0.475. The van der Waals surface area contributed by atoms with E-state index in [1.54, 1.807) is 24.3 Å². The number of benzene rings is 1. The summed E-state index contributed by atoms with van der Waals surface area (Å²) >= 11 is 0. The molecule has 2 aromatic rings. The van der Waals surface area contributed by atoms with Crippen LogP contribution >= 0.6 is 0 Å². The molecular weight excluding hydrogens is 170 g/mol. The first kappa shape index (κ1) is 7.67. The molecule has 1 aromatic carbocycles. The molecule has 0 aliphatic rings. The minimum Gasteiger partial charge on any atom is -0.508 e. The Morgan fingerprint density at radius 3 is 2.46 bits per heavy atom. The number of nitrogens with one attached hydrogen (secondary N) is 1. The summed E-state index contributed by atoms with van der Waals surface area (Å²) in [6, 6.07) is 6.47. The van der Waals surface area contributed by atoms with Crippen LogP contribution in [0.1, 0.15) is 0 Å². The van der Waals surface area contributed by atoms with Gasteiger partial charge < -0.3 is 9.52 Å². The van der Waals surface area contributed by atoms with Crippen LogP contribution in [0, 0.1) is 0 Å². The van der Waals surface area contributed by atoms with Crippen LogP contribution < -0.4 is 5.76 Å². The minimum absolute atomic E-state index is 0.189. The fourth-order valence-electron chi connectivity index (χ4n) is 1.06. The monoisotopic (exact) mass is 177 g/mol. The highest BCUT2D eigenvalue weighted by Crippen LogP contribution is 2.18. The predicted molar refractivity (Wildman–Crippen MR) is 46.4 cm³/mol. The molecule has 0 unspecified atom stereocenters. The van der Waals surface area contributed by atoms with Crippen LogP contribution in [0.4, 0.5) is 0 Å². The molecule has 0 spiro atoms. The SMILES string of the molecule is O=c1[nH]c(-c2ccc(O)cc2)co1. The van der Waals surface area contributed by atoms with Crippen molar-refractivity contribution in [3.63, 3.8) is 0 Å². The summed E-state index contributed by atoms with van der Waals surface area (Å²) in [4.78, 5) is 13.2. The normalized spacial score (nSPS) is 10.2. The van der Waals surface area contributed by atoms with E-state index in [-0.39, 0.29) is 5.75 Å². The van der Waals surface area contributed by atoms with Crippen LogP contribution in [0.5, 0.6) is 5.75 Å². The van der Waals surface area contributed by atoms with Crippen LogP contribution in [0.15, 0.2) is 39.7 Å². The third-order valence-electron chi connectivity index (χ3n) is 1.70. The zero-order valence-electron chi connectivity index (χ0n) is 6.65. The number of hydrogen-bond donors (Lipinski definition) is 2. The van der Waals surface area contributed by atoms with E-state index in [4.69, 9.17) is 5.11 Å². The molecule has 1 heterocycles. The number of aromatic nitrogens is 1. The summed E-state index contributed by atoms with van der Waals surface area (Å²) in [5.74, 6) is -0.294. The molecule has 0 saturated carbocycles. The second kappa shape index (κ2) is 2.82. The van der Waals surface area contributed by atoms with Gasteiger partial charge in [0.2, 0.25) is 0 Å². The second-order valence-electron chi connectivity index (χ2n) is 2.61. The Labute approximate surface area is 73.5 Å². The van der Waals surface area contributed by atoms with E-state index in [9.17, 15) is 4.79 Å². The Kier molecular flexibility index (Phi) is 1.66. The van der Waals surface area contributed by atoms with E-state index in [2.05, 4.69) is 9.40 Å². The van der Waals surface area contributed by atoms with Crippen molar-refractivity contribution in [1.82, 2.24) is 4.98 Å². The van der Waals surface area contributed by atoms with Crippen molar-refractivity contribution in [2.45, 2.75) is 0 Å². The fraction of sp³-hybridized carbons (Fsp3) is 0. The number of phenolic OH excluding ortho intramolecular Hbond substituents is 1. The average Bonchev–Trinajstić information content (AvgIpc) is 2.53. The van der Waals surface area contributed by atoms with Crippen LogP contribution in [0.3, 0.4) is 0 Å². The van der Waals surface area contributed by atoms with Gasteiger partial charge in [0.25, 0.3) is 0 Å². The summed E-state index contributed by atoms with van der Waals surface area (Å²) in [5.41, 5.74) is 1.40. The van der Waals surface area contributed by atoms with Crippen molar-refractivity contribution in [3.05, 3.63) is 41.1 Å². The standard InChI is InChI=1S/C9H7NO3/c11-7-3-1-6(2-4-7)8-5-13-9(12)10-8/h1-5,11H,(H,10,12). The molecule has 0 fully saturated rings. The largest absolute Gasteiger partial charge is 0.508 e. The van der Waals surface area contributed by atoms with Crippen molar-refractivity contribution in [1.29, 1.82) is 0 Å². The Bertz CT molecular complexity index is 452. The molecule has 0 radical (unpaired) electrons. The average molecular weight is 177 g/mol. The molecule has 0 atom stereocenters. The van der Waals surface area contributed by atoms with Gasteiger partial charge in [-0.15, -0.1) is 0 Å². The van der Waals surface area contributed by atoms with Gasteiger partial charge in [0, 0.05) is 5.56 Å². The van der Waals surface area contributed by atoms with Gasteiger partial charge in [-0.1, -0.05) is 0 Å². The molecule has 13 heavy (non-hydrogen) atoms. The maximum atomic E-state index is 10.7. The van der Waals surface area contributed by atoms with Gasteiger partial charge in [-0.25, -0.2) is 4.79 Å². The van der Waals surface area contributed by atoms with Gasteiger partial charge in [-0.2, -0.15) is 0 Å². The van der Waals surface area contributed by atoms with Gasteiger partial charge in [0.1, 0.15) is 12.0 Å². The number of hydrogen-bond acceptors (Lipinski definition) is 3. The topological polar surface area (TPSA) is 66.2 Å². The number of oxazole rings is 1. The lowest BCUT2D eigenvalue weighted by atomic mass is 10.2. The minimum atomic E-state index is -0.483. The maximum Gasteiger partial charge on any atom is 0.416 e. The zero-order chi connectivity index (χ0) is 9.26. The number of aromatic hydroxyl groups is 1. The highest BCUT2D eigenvalue weighted by atomic mass is 16.4. The molecule has 66 valence electrons. The van der Waals surface area contributed by atoms with Crippen LogP contribution in [0.25, 0.3) is 11.3 Å². The summed E-state index contributed by atoms with van der Waals surface area (Å²) in [6.45, 7) is 0. The molecule has 0 aliphatic carbocycles. The van der Waals surface area contributed by atoms with E-state index in [1.807, 2.05) is 0 Å². The lowest BCUT2D eigenvalue weighted by Gasteiger charge is -1.95. The molecule has 0 aliphatic heterocycles. The molecule has 2 N–H and O–H groups in total. The first-order valence-corrected chi connectivity index (χ1v) is 3.73. The fourth-order valence-corrected chi connectivity index (χ4v) is 1.06. The van der Waals surface area contributed by atoms with Crippen LogP contribution in [-0.4, -0.2) is 10.1 Å². The number of H-pyrrole nitrogens is 1. The molecule has 4 nitrogen and oxygen atoms in total. The Balaban J connectivity index is 2.47. The Morgan fingerprint density at radius 2 is 1.92 bits per heavy atom. The van der Waals surface area contributed by atoms with E-state index in [1.165, 1.54) is 6.26 Å². The van der Waals surface area contributed by atoms with Gasteiger partial charge in [-0.05, 0) is 24.3 Å². The van der Waals surface area contributed by atoms with Crippen LogP contribution in [-0.2, 0) is 0 Å². The zero-order valence-corrected chi connectivity index (χ0v) is 6.65. The molecule has 0 amide bonds. The first-order chi connectivity index (χ1) is 6.25. The third kappa shape index (κ3) is 1.46. The van der Waals surface area contributed by atoms with Crippen molar-refractivity contribution < 1.29 is 9.52 Å². The van der Waals surface area contributed by atoms with E-state index < -0.39 is 5.76 Å². The quantitative estimate of drug-likeness (QED) is 0.690. The molecule has 0 saturated heterocycles. The van der Waals surface area contributed by atoms with Gasteiger partial charge in [0.15, 0.2) is 0 Å². The van der Waals surface area contributed by atoms with E-state index >= 15 is 0 Å². The van der Waals surface area contributed by atoms with Gasteiger partial charge in [-0.3, -0.25) is 4.98 Å². The van der Waals surface area contributed by atoms with E-state index in [0.717, 1.165) is 5.56 Å². The van der Waals surface area contributed by atoms with Crippen molar-refractivity contribution in [3.8, 4) is 17.0 Å². The molecule has 1 aromatic heterocycles. The number of aromatic amines is 1. The van der Waals surface area contributed by atoms with Crippen LogP contribution in [0.2, 0.25) is 0 Å². The molecule has 2 rings (SSSR count). The highest BCUT2D eigenvalue weighted by Gasteiger charge is 2.00. The van der Waals surface area contributed by atoms with E-state index in [0.29, 0.717) is 5.69 Å². The maximum absolute atomic E-state index is 10.7. The Hall–Kier alpha value is -1.97.